The molecule has 0 spiro atoms. The predicted molar refractivity (Wildman–Crippen MR) is 224 cm³/mol. The molecule has 0 aromatic carbocycles. The number of carbonyl (C=O) groups is 2. The first-order valence-electron chi connectivity index (χ1n) is 21.6. The third-order valence-electron chi connectivity index (χ3n) is 8.99. The van der Waals surface area contributed by atoms with E-state index in [0.29, 0.717) is 12.8 Å². The summed E-state index contributed by atoms with van der Waals surface area (Å²) in [5.41, 5.74) is 0. The van der Waals surface area contributed by atoms with E-state index in [1.54, 1.807) is 0 Å². The quantitative estimate of drug-likeness (QED) is 0.0237. The molecular weight excluding hydrogens is 719 g/mol. The van der Waals surface area contributed by atoms with E-state index in [0.717, 1.165) is 77.0 Å². The number of phosphoric acid groups is 1. The molecule has 0 aromatic rings. The Morgan fingerprint density at radius 2 is 0.836 bits per heavy atom. The van der Waals surface area contributed by atoms with Crippen LogP contribution in [0.1, 0.15) is 181 Å². The molecule has 0 aliphatic heterocycles. The van der Waals surface area contributed by atoms with E-state index in [1.165, 1.54) is 64.2 Å². The van der Waals surface area contributed by atoms with E-state index >= 15 is 0 Å². The van der Waals surface area contributed by atoms with Gasteiger partial charge in [0, 0.05) is 12.8 Å². The van der Waals surface area contributed by atoms with Crippen LogP contribution >= 0.6 is 7.82 Å². The van der Waals surface area contributed by atoms with Gasteiger partial charge in [0.2, 0.25) is 0 Å². The number of ether oxygens (including phenoxy) is 2. The number of rotatable bonds is 40. The monoisotopic (exact) mass is 799 g/mol. The van der Waals surface area contributed by atoms with Crippen LogP contribution in [-0.2, 0) is 32.7 Å². The molecule has 0 aromatic heterocycles. The summed E-state index contributed by atoms with van der Waals surface area (Å²) < 4.78 is 32.5. The van der Waals surface area contributed by atoms with Gasteiger partial charge in [-0.15, -0.1) is 0 Å². The fourth-order valence-electron chi connectivity index (χ4n) is 5.65. The van der Waals surface area contributed by atoms with Crippen molar-refractivity contribution in [3.63, 3.8) is 0 Å². The number of hydrogen-bond acceptors (Lipinski definition) is 9. The van der Waals surface area contributed by atoms with Crippen LogP contribution in [0.2, 0.25) is 0 Å². The Kier molecular flexibility index (Phi) is 38.6. The van der Waals surface area contributed by atoms with Crippen LogP contribution in [0, 0.1) is 0 Å². The van der Waals surface area contributed by atoms with Crippen LogP contribution in [0.4, 0.5) is 0 Å². The summed E-state index contributed by atoms with van der Waals surface area (Å²) >= 11 is 0. The number of hydrogen-bond donors (Lipinski definition) is 3. The molecule has 0 aliphatic carbocycles. The lowest BCUT2D eigenvalue weighted by Crippen LogP contribution is -2.28. The standard InChI is InChI=1S/C44H79O10P/c1-3-5-7-9-11-13-15-17-18-19-20-21-22-24-26-28-30-32-34-36-44(48)54-42(38-46)40-52-55(49,50)51-39-41(37-45)53-43(47)35-33-31-29-27-25-23-16-14-12-10-8-6-4-2/h8,10-11,13-14,16-18,41-42,45-46H,3-7,9,12,15,19-40H2,1-2H3,(H,49,50)/b10-8-,13-11-,16-14-,18-17-. The highest BCUT2D eigenvalue weighted by atomic mass is 31.2. The molecule has 0 saturated heterocycles. The minimum Gasteiger partial charge on any atom is -0.457 e. The second kappa shape index (κ2) is 40.1. The molecule has 0 radical (unpaired) electrons. The molecule has 3 N–H and O–H groups in total. The molecule has 0 amide bonds. The Labute approximate surface area is 334 Å². The second-order valence-electron chi connectivity index (χ2n) is 14.3. The summed E-state index contributed by atoms with van der Waals surface area (Å²) in [7, 11) is -4.64. The van der Waals surface area contributed by atoms with E-state index in [2.05, 4.69) is 62.5 Å². The van der Waals surface area contributed by atoms with Crippen LogP contribution in [0.5, 0.6) is 0 Å². The molecule has 3 unspecified atom stereocenters. The molecule has 0 bridgehead atoms. The molecular formula is C44H79O10P. The number of phosphoric ester groups is 1. The van der Waals surface area contributed by atoms with Crippen molar-refractivity contribution in [2.24, 2.45) is 0 Å². The summed E-state index contributed by atoms with van der Waals surface area (Å²) in [5.74, 6) is -1.04. The van der Waals surface area contributed by atoms with Gasteiger partial charge in [-0.2, -0.15) is 0 Å². The van der Waals surface area contributed by atoms with Crippen molar-refractivity contribution in [2.75, 3.05) is 26.4 Å². The number of esters is 2. The minimum atomic E-state index is -4.64. The molecule has 55 heavy (non-hydrogen) atoms. The van der Waals surface area contributed by atoms with Gasteiger partial charge in [-0.25, -0.2) is 4.57 Å². The number of carbonyl (C=O) groups excluding carboxylic acids is 2. The Balaban J connectivity index is 3.93. The average Bonchev–Trinajstić information content (AvgIpc) is 3.17. The molecule has 0 aliphatic rings. The van der Waals surface area contributed by atoms with Gasteiger partial charge in [0.25, 0.3) is 0 Å². The van der Waals surface area contributed by atoms with Crippen LogP contribution in [0.15, 0.2) is 48.6 Å². The third-order valence-corrected chi connectivity index (χ3v) is 9.95. The van der Waals surface area contributed by atoms with Crippen molar-refractivity contribution in [2.45, 2.75) is 193 Å². The maximum absolute atomic E-state index is 12.4. The second-order valence-corrected chi connectivity index (χ2v) is 15.8. The van der Waals surface area contributed by atoms with Gasteiger partial charge >= 0.3 is 19.8 Å². The van der Waals surface area contributed by atoms with Gasteiger partial charge in [0.1, 0.15) is 12.2 Å². The normalized spacial score (nSPS) is 14.3. The van der Waals surface area contributed by atoms with Crippen molar-refractivity contribution in [3.8, 4) is 0 Å². The van der Waals surface area contributed by atoms with Crippen molar-refractivity contribution in [1.29, 1.82) is 0 Å². The first-order chi connectivity index (χ1) is 26.8. The molecule has 0 fully saturated rings. The highest BCUT2D eigenvalue weighted by Crippen LogP contribution is 2.43. The highest BCUT2D eigenvalue weighted by molar-refractivity contribution is 7.47. The zero-order valence-electron chi connectivity index (χ0n) is 34.6. The fraction of sp³-hybridized carbons (Fsp3) is 0.773. The smallest absolute Gasteiger partial charge is 0.457 e. The van der Waals surface area contributed by atoms with E-state index in [4.69, 9.17) is 18.5 Å². The molecule has 11 heteroatoms. The summed E-state index contributed by atoms with van der Waals surface area (Å²) in [4.78, 5) is 34.5. The Bertz CT molecular complexity index is 1060. The number of allylic oxidation sites excluding steroid dienone is 8. The van der Waals surface area contributed by atoms with Gasteiger partial charge in [-0.1, -0.05) is 146 Å². The van der Waals surface area contributed by atoms with Crippen LogP contribution < -0.4 is 0 Å². The summed E-state index contributed by atoms with van der Waals surface area (Å²) in [6.07, 6.45) is 42.2. The van der Waals surface area contributed by atoms with Crippen molar-refractivity contribution in [3.05, 3.63) is 48.6 Å². The van der Waals surface area contributed by atoms with Crippen LogP contribution in [0.3, 0.4) is 0 Å². The van der Waals surface area contributed by atoms with Gasteiger partial charge in [-0.3, -0.25) is 18.6 Å². The number of aliphatic hydroxyl groups excluding tert-OH is 2. The molecule has 0 saturated carbocycles. The molecule has 3 atom stereocenters. The van der Waals surface area contributed by atoms with Crippen molar-refractivity contribution in [1.82, 2.24) is 0 Å². The Morgan fingerprint density at radius 1 is 0.491 bits per heavy atom. The van der Waals surface area contributed by atoms with E-state index in [1.807, 2.05) is 0 Å². The van der Waals surface area contributed by atoms with Crippen molar-refractivity contribution < 1.29 is 47.8 Å². The van der Waals surface area contributed by atoms with Crippen molar-refractivity contribution >= 4 is 19.8 Å². The number of aliphatic hydroxyl groups is 2. The first-order valence-corrected chi connectivity index (χ1v) is 23.1. The largest absolute Gasteiger partial charge is 0.472 e. The van der Waals surface area contributed by atoms with E-state index in [-0.39, 0.29) is 12.8 Å². The Hall–Kier alpha value is -2.07. The maximum atomic E-state index is 12.4. The van der Waals surface area contributed by atoms with Gasteiger partial charge < -0.3 is 24.6 Å². The summed E-state index contributed by atoms with van der Waals surface area (Å²) in [5, 5.41) is 19.1. The van der Waals surface area contributed by atoms with E-state index < -0.39 is 58.4 Å². The lowest BCUT2D eigenvalue weighted by Gasteiger charge is -2.20. The predicted octanol–water partition coefficient (Wildman–Crippen LogP) is 11.3. The number of unbranched alkanes of at least 4 members (excludes halogenated alkanes) is 18. The zero-order chi connectivity index (χ0) is 40.5. The fourth-order valence-corrected chi connectivity index (χ4v) is 6.44. The summed E-state index contributed by atoms with van der Waals surface area (Å²) in [6, 6.07) is 0. The first kappa shape index (κ1) is 52.9. The highest BCUT2D eigenvalue weighted by Gasteiger charge is 2.27. The zero-order valence-corrected chi connectivity index (χ0v) is 35.5. The molecule has 0 heterocycles. The van der Waals surface area contributed by atoms with Gasteiger partial charge in [0.05, 0.1) is 26.4 Å². The topological polar surface area (TPSA) is 149 Å². The lowest BCUT2D eigenvalue weighted by atomic mass is 10.1. The van der Waals surface area contributed by atoms with E-state index in [9.17, 15) is 29.3 Å². The third kappa shape index (κ3) is 38.6. The Morgan fingerprint density at radius 3 is 1.20 bits per heavy atom. The summed E-state index contributed by atoms with van der Waals surface area (Å²) in [6.45, 7) is 2.09. The maximum Gasteiger partial charge on any atom is 0.472 e. The molecule has 10 nitrogen and oxygen atoms in total. The minimum absolute atomic E-state index is 0.174. The van der Waals surface area contributed by atoms with Crippen LogP contribution in [0.25, 0.3) is 0 Å². The van der Waals surface area contributed by atoms with Gasteiger partial charge in [0.15, 0.2) is 0 Å². The lowest BCUT2D eigenvalue weighted by molar-refractivity contribution is -0.153. The average molecular weight is 799 g/mol. The SMILES string of the molecule is CCC/C=C\C/C=C\CCCCCCCC(=O)OC(CO)COP(=O)(O)OCC(CO)OC(=O)CCCCCCCCCCC/C=C\C/C=C\CCCCC. The van der Waals surface area contributed by atoms with Crippen LogP contribution in [-0.4, -0.2) is 65.7 Å². The molecule has 0 rings (SSSR count). The molecule has 320 valence electrons. The van der Waals surface area contributed by atoms with Gasteiger partial charge in [-0.05, 0) is 70.6 Å².